The Hall–Kier alpha value is -1.04. The van der Waals surface area contributed by atoms with E-state index in [9.17, 15) is 9.50 Å². The minimum atomic E-state index is -0.650. The lowest BCUT2D eigenvalue weighted by Gasteiger charge is -2.45. The Kier molecular flexibility index (Phi) is 4.24. The molecule has 0 bridgehead atoms. The highest BCUT2D eigenvalue weighted by molar-refractivity contribution is 5.09. The molecule has 1 unspecified atom stereocenters. The zero-order chi connectivity index (χ0) is 14.9. The second-order valence-corrected chi connectivity index (χ2v) is 6.39. The van der Waals surface area contributed by atoms with E-state index < -0.39 is 6.10 Å². The predicted octanol–water partition coefficient (Wildman–Crippen LogP) is 2.15. The van der Waals surface area contributed by atoms with Crippen molar-refractivity contribution >= 4 is 0 Å². The van der Waals surface area contributed by atoms with Crippen LogP contribution >= 0.6 is 0 Å². The summed E-state index contributed by atoms with van der Waals surface area (Å²) in [4.78, 5) is 6.25. The fourth-order valence-corrected chi connectivity index (χ4v) is 3.70. The molecule has 1 atom stereocenters. The zero-order valence-corrected chi connectivity index (χ0v) is 12.5. The van der Waals surface area contributed by atoms with Gasteiger partial charge >= 0.3 is 0 Å². The summed E-state index contributed by atoms with van der Waals surface area (Å²) in [5.41, 5.74) is 0.939. The van der Waals surface area contributed by atoms with Crippen molar-refractivity contribution in [2.24, 2.45) is 5.41 Å². The molecule has 1 saturated heterocycles. The summed E-state index contributed by atoms with van der Waals surface area (Å²) in [6, 6.07) is 2.90. The van der Waals surface area contributed by atoms with Gasteiger partial charge in [-0.15, -0.1) is 0 Å². The van der Waals surface area contributed by atoms with Crippen molar-refractivity contribution in [2.45, 2.75) is 38.4 Å². The molecule has 0 aromatic carbocycles. The van der Waals surface area contributed by atoms with Crippen LogP contribution in [0.3, 0.4) is 0 Å². The quantitative estimate of drug-likeness (QED) is 0.904. The third kappa shape index (κ3) is 3.25. The third-order valence-corrected chi connectivity index (χ3v) is 4.76. The van der Waals surface area contributed by atoms with E-state index in [1.807, 2.05) is 6.92 Å². The van der Waals surface area contributed by atoms with Crippen molar-refractivity contribution < 1.29 is 14.2 Å². The lowest BCUT2D eigenvalue weighted by molar-refractivity contribution is -0.0724. The minimum Gasteiger partial charge on any atom is -0.385 e. The summed E-state index contributed by atoms with van der Waals surface area (Å²) in [6.07, 6.45) is 4.40. The second kappa shape index (κ2) is 5.99. The fourth-order valence-electron chi connectivity index (χ4n) is 3.70. The summed E-state index contributed by atoms with van der Waals surface area (Å²) < 4.78 is 18.5. The first kappa shape index (κ1) is 14.9. The van der Waals surface area contributed by atoms with Crippen LogP contribution in [0.1, 0.15) is 38.0 Å². The summed E-state index contributed by atoms with van der Waals surface area (Å²) in [7, 11) is 0. The van der Waals surface area contributed by atoms with Crippen LogP contribution in [-0.2, 0) is 4.74 Å². The van der Waals surface area contributed by atoms with E-state index in [1.165, 1.54) is 12.5 Å². The summed E-state index contributed by atoms with van der Waals surface area (Å²) in [5, 5.41) is 10.2. The van der Waals surface area contributed by atoms with Gasteiger partial charge < -0.3 is 9.84 Å². The first-order valence-corrected chi connectivity index (χ1v) is 7.74. The van der Waals surface area contributed by atoms with Gasteiger partial charge in [-0.1, -0.05) is 0 Å². The SMILES string of the molecule is CCOC1CC2(CCN(CC(O)c3ccc(F)cn3)C2)C1. The van der Waals surface area contributed by atoms with Crippen molar-refractivity contribution in [3.8, 4) is 0 Å². The van der Waals surface area contributed by atoms with Crippen molar-refractivity contribution in [2.75, 3.05) is 26.2 Å². The maximum absolute atomic E-state index is 12.8. The van der Waals surface area contributed by atoms with Gasteiger partial charge in [0.1, 0.15) is 11.9 Å². The Morgan fingerprint density at radius 3 is 3.00 bits per heavy atom. The van der Waals surface area contributed by atoms with E-state index >= 15 is 0 Å². The van der Waals surface area contributed by atoms with Crippen molar-refractivity contribution in [1.29, 1.82) is 0 Å². The summed E-state index contributed by atoms with van der Waals surface area (Å²) in [6.45, 7) is 5.43. The van der Waals surface area contributed by atoms with Crippen LogP contribution in [0.5, 0.6) is 0 Å². The average molecular weight is 294 g/mol. The molecule has 21 heavy (non-hydrogen) atoms. The molecule has 1 aliphatic heterocycles. The number of halogens is 1. The molecule has 4 nitrogen and oxygen atoms in total. The highest BCUT2D eigenvalue weighted by Crippen LogP contribution is 2.49. The van der Waals surface area contributed by atoms with Crippen LogP contribution < -0.4 is 0 Å². The number of hydrogen-bond acceptors (Lipinski definition) is 4. The van der Waals surface area contributed by atoms with Crippen LogP contribution in [0.25, 0.3) is 0 Å². The smallest absolute Gasteiger partial charge is 0.141 e. The van der Waals surface area contributed by atoms with Crippen LogP contribution in [-0.4, -0.2) is 47.3 Å². The Morgan fingerprint density at radius 2 is 2.33 bits per heavy atom. The molecule has 5 heteroatoms. The number of β-amino-alcohol motifs (C(OH)–C–C–N with tert-alkyl or cyclic N) is 1. The van der Waals surface area contributed by atoms with Gasteiger partial charge in [0.05, 0.1) is 18.0 Å². The number of nitrogens with zero attached hydrogens (tertiary/aromatic N) is 2. The fraction of sp³-hybridized carbons (Fsp3) is 0.688. The molecule has 1 aromatic heterocycles. The van der Waals surface area contributed by atoms with Crippen molar-refractivity contribution in [3.05, 3.63) is 29.8 Å². The van der Waals surface area contributed by atoms with Gasteiger partial charge in [0.2, 0.25) is 0 Å². The number of pyridine rings is 1. The highest BCUT2D eigenvalue weighted by atomic mass is 19.1. The number of ether oxygens (including phenoxy) is 1. The monoisotopic (exact) mass is 294 g/mol. The van der Waals surface area contributed by atoms with Crippen molar-refractivity contribution in [3.63, 3.8) is 0 Å². The lowest BCUT2D eigenvalue weighted by Crippen LogP contribution is -2.44. The van der Waals surface area contributed by atoms with Crippen LogP contribution in [0.4, 0.5) is 4.39 Å². The van der Waals surface area contributed by atoms with Gasteiger partial charge in [0.15, 0.2) is 0 Å². The van der Waals surface area contributed by atoms with Gasteiger partial charge in [-0.05, 0) is 50.3 Å². The van der Waals surface area contributed by atoms with Crippen LogP contribution in [0.2, 0.25) is 0 Å². The Bertz CT molecular complexity index is 474. The predicted molar refractivity (Wildman–Crippen MR) is 77.3 cm³/mol. The summed E-state index contributed by atoms with van der Waals surface area (Å²) >= 11 is 0. The van der Waals surface area contributed by atoms with E-state index in [-0.39, 0.29) is 5.82 Å². The molecular weight excluding hydrogens is 271 g/mol. The molecule has 1 aromatic rings. The molecule has 1 spiro atoms. The zero-order valence-electron chi connectivity index (χ0n) is 12.5. The maximum atomic E-state index is 12.8. The maximum Gasteiger partial charge on any atom is 0.141 e. The average Bonchev–Trinajstić information content (AvgIpc) is 2.83. The van der Waals surface area contributed by atoms with E-state index in [0.29, 0.717) is 23.8 Å². The third-order valence-electron chi connectivity index (χ3n) is 4.76. The molecule has 1 aliphatic carbocycles. The largest absolute Gasteiger partial charge is 0.385 e. The molecular formula is C16H23FN2O2. The second-order valence-electron chi connectivity index (χ2n) is 6.39. The van der Waals surface area contributed by atoms with Crippen LogP contribution in [0.15, 0.2) is 18.3 Å². The van der Waals surface area contributed by atoms with Gasteiger partial charge in [-0.3, -0.25) is 9.88 Å². The van der Waals surface area contributed by atoms with Gasteiger partial charge in [-0.25, -0.2) is 4.39 Å². The van der Waals surface area contributed by atoms with Gasteiger partial charge in [-0.2, -0.15) is 0 Å². The Morgan fingerprint density at radius 1 is 1.52 bits per heavy atom. The van der Waals surface area contributed by atoms with E-state index in [2.05, 4.69) is 9.88 Å². The first-order chi connectivity index (χ1) is 10.1. The summed E-state index contributed by atoms with van der Waals surface area (Å²) in [5.74, 6) is -0.373. The standard InChI is InChI=1S/C16H23FN2O2/c1-2-21-13-7-16(8-13)5-6-19(11-16)10-15(20)14-4-3-12(17)9-18-14/h3-4,9,13,15,20H,2,5-8,10-11H2,1H3. The molecule has 1 saturated carbocycles. The number of likely N-dealkylation sites (tertiary alicyclic amines) is 1. The Balaban J connectivity index is 1.50. The molecule has 0 radical (unpaired) electrons. The molecule has 1 N–H and O–H groups in total. The van der Waals surface area contributed by atoms with E-state index in [4.69, 9.17) is 4.74 Å². The molecule has 2 fully saturated rings. The molecule has 3 rings (SSSR count). The Labute approximate surface area is 124 Å². The number of aliphatic hydroxyl groups excluding tert-OH is 1. The number of aromatic nitrogens is 1. The molecule has 2 aliphatic rings. The highest BCUT2D eigenvalue weighted by Gasteiger charge is 2.48. The number of rotatable bonds is 5. The molecule has 116 valence electrons. The number of hydrogen-bond donors (Lipinski definition) is 1. The molecule has 0 amide bonds. The topological polar surface area (TPSA) is 45.6 Å². The van der Waals surface area contributed by atoms with E-state index in [1.54, 1.807) is 6.07 Å². The lowest BCUT2D eigenvalue weighted by atomic mass is 9.66. The minimum absolute atomic E-state index is 0.373. The van der Waals surface area contributed by atoms with E-state index in [0.717, 1.165) is 38.7 Å². The van der Waals surface area contributed by atoms with Crippen LogP contribution in [0, 0.1) is 11.2 Å². The normalized spacial score (nSPS) is 30.5. The van der Waals surface area contributed by atoms with Gasteiger partial charge in [0, 0.05) is 19.7 Å². The van der Waals surface area contributed by atoms with Gasteiger partial charge in [0.25, 0.3) is 0 Å². The number of aliphatic hydroxyl groups is 1. The molecule has 2 heterocycles. The first-order valence-electron chi connectivity index (χ1n) is 7.74. The van der Waals surface area contributed by atoms with Crippen molar-refractivity contribution in [1.82, 2.24) is 9.88 Å².